The van der Waals surface area contributed by atoms with Gasteiger partial charge in [-0.15, -0.1) is 0 Å². The van der Waals surface area contributed by atoms with Gasteiger partial charge < -0.3 is 24.1 Å². The van der Waals surface area contributed by atoms with Gasteiger partial charge in [-0.3, -0.25) is 9.59 Å². The van der Waals surface area contributed by atoms with Crippen molar-refractivity contribution >= 4 is 17.5 Å². The van der Waals surface area contributed by atoms with Gasteiger partial charge in [0.1, 0.15) is 17.4 Å². The van der Waals surface area contributed by atoms with E-state index in [4.69, 9.17) is 9.15 Å². The fourth-order valence-electron chi connectivity index (χ4n) is 4.19. The number of rotatable bonds is 4. The van der Waals surface area contributed by atoms with E-state index < -0.39 is 11.6 Å². The molecule has 29 heavy (non-hydrogen) atoms. The molecule has 0 bridgehead atoms. The molecule has 0 radical (unpaired) electrons. The lowest BCUT2D eigenvalue weighted by Crippen LogP contribution is -2.53. The second kappa shape index (κ2) is 8.00. The number of furan rings is 1. The summed E-state index contributed by atoms with van der Waals surface area (Å²) in [6, 6.07) is 10.5. The van der Waals surface area contributed by atoms with Crippen LogP contribution in [0.2, 0.25) is 0 Å². The molecule has 2 aliphatic rings. The molecule has 1 aromatic carbocycles. The number of hydrogen-bond acceptors (Lipinski definition) is 5. The number of para-hydroxylation sites is 1. The second-order valence-electron chi connectivity index (χ2n) is 7.71. The lowest BCUT2D eigenvalue weighted by molar-refractivity contribution is -0.124. The summed E-state index contributed by atoms with van der Waals surface area (Å²) in [4.78, 5) is 29.6. The normalized spacial score (nSPS) is 21.8. The van der Waals surface area contributed by atoms with Gasteiger partial charge in [-0.05, 0) is 31.0 Å². The first-order valence-corrected chi connectivity index (χ1v) is 10.0. The van der Waals surface area contributed by atoms with E-state index in [2.05, 4.69) is 0 Å². The van der Waals surface area contributed by atoms with Gasteiger partial charge in [0.05, 0.1) is 11.8 Å². The van der Waals surface area contributed by atoms with Crippen molar-refractivity contribution in [3.05, 3.63) is 54.0 Å². The van der Waals surface area contributed by atoms with Gasteiger partial charge in [0.2, 0.25) is 5.91 Å². The molecule has 7 nitrogen and oxygen atoms in total. The van der Waals surface area contributed by atoms with Crippen molar-refractivity contribution in [3.63, 3.8) is 0 Å². The van der Waals surface area contributed by atoms with E-state index >= 15 is 0 Å². The highest BCUT2D eigenvalue weighted by atomic mass is 16.5. The fourth-order valence-corrected chi connectivity index (χ4v) is 4.19. The Hall–Kier alpha value is -2.64. The number of hydrogen-bond donors (Lipinski definition) is 1. The van der Waals surface area contributed by atoms with Gasteiger partial charge in [0, 0.05) is 45.3 Å². The van der Waals surface area contributed by atoms with Gasteiger partial charge in [-0.1, -0.05) is 18.2 Å². The van der Waals surface area contributed by atoms with E-state index in [-0.39, 0.29) is 17.6 Å². The zero-order valence-corrected chi connectivity index (χ0v) is 16.5. The third kappa shape index (κ3) is 3.68. The smallest absolute Gasteiger partial charge is 0.257 e. The molecule has 2 aromatic rings. The minimum Gasteiger partial charge on any atom is -0.465 e. The molecule has 1 N–H and O–H groups in total. The van der Waals surface area contributed by atoms with Crippen molar-refractivity contribution in [1.82, 2.24) is 4.90 Å². The van der Waals surface area contributed by atoms with Crippen LogP contribution in [-0.4, -0.2) is 54.7 Å². The standard InChI is InChI=1S/C22H26N2O5/c1-23(18-8-5-12-24(21(18)26)16-6-3-2-4-7-16)20(25)17-9-13-29-19(17)22(27)10-14-28-15-11-22/h2-4,6-7,9,13,18,27H,5,8,10-12,14-15H2,1H3/t18-/m1/s1. The van der Waals surface area contributed by atoms with Crippen LogP contribution >= 0.6 is 0 Å². The van der Waals surface area contributed by atoms with Crippen molar-refractivity contribution in [2.24, 2.45) is 0 Å². The maximum Gasteiger partial charge on any atom is 0.257 e. The molecule has 0 unspecified atom stereocenters. The Morgan fingerprint density at radius 3 is 2.66 bits per heavy atom. The maximum atomic E-state index is 13.3. The minimum atomic E-state index is -1.22. The average Bonchev–Trinajstić information content (AvgIpc) is 3.25. The zero-order chi connectivity index (χ0) is 20.4. The molecule has 1 atom stereocenters. The molecule has 0 aliphatic carbocycles. The van der Waals surface area contributed by atoms with Crippen LogP contribution < -0.4 is 4.90 Å². The average molecular weight is 398 g/mol. The first-order valence-electron chi connectivity index (χ1n) is 10.0. The minimum absolute atomic E-state index is 0.0897. The molecular formula is C22H26N2O5. The summed E-state index contributed by atoms with van der Waals surface area (Å²) in [6.07, 6.45) is 3.57. The van der Waals surface area contributed by atoms with Crippen molar-refractivity contribution in [2.45, 2.75) is 37.3 Å². The summed E-state index contributed by atoms with van der Waals surface area (Å²) in [6.45, 7) is 1.46. The quantitative estimate of drug-likeness (QED) is 0.856. The molecule has 154 valence electrons. The Bertz CT molecular complexity index is 872. The molecule has 0 spiro atoms. The number of aliphatic hydroxyl groups is 1. The van der Waals surface area contributed by atoms with Crippen LogP contribution in [0.25, 0.3) is 0 Å². The van der Waals surface area contributed by atoms with Crippen LogP contribution in [0.3, 0.4) is 0 Å². The van der Waals surface area contributed by atoms with Crippen LogP contribution in [0.1, 0.15) is 41.8 Å². The van der Waals surface area contributed by atoms with E-state index in [0.29, 0.717) is 44.6 Å². The van der Waals surface area contributed by atoms with Gasteiger partial charge in [-0.2, -0.15) is 0 Å². The Morgan fingerprint density at radius 1 is 1.21 bits per heavy atom. The Kier molecular flexibility index (Phi) is 5.43. The number of amides is 2. The van der Waals surface area contributed by atoms with Crippen LogP contribution in [-0.2, 0) is 15.1 Å². The summed E-state index contributed by atoms with van der Waals surface area (Å²) < 4.78 is 10.9. The molecule has 0 saturated carbocycles. The summed E-state index contributed by atoms with van der Waals surface area (Å²) >= 11 is 0. The molecule has 2 fully saturated rings. The molecule has 3 heterocycles. The van der Waals surface area contributed by atoms with E-state index in [1.165, 1.54) is 11.2 Å². The van der Waals surface area contributed by atoms with E-state index in [0.717, 1.165) is 12.1 Å². The van der Waals surface area contributed by atoms with Gasteiger partial charge >= 0.3 is 0 Å². The molecule has 2 saturated heterocycles. The topological polar surface area (TPSA) is 83.2 Å². The van der Waals surface area contributed by atoms with Crippen molar-refractivity contribution < 1.29 is 23.8 Å². The van der Waals surface area contributed by atoms with Gasteiger partial charge in [0.25, 0.3) is 5.91 Å². The Morgan fingerprint density at radius 2 is 1.93 bits per heavy atom. The van der Waals surface area contributed by atoms with E-state index in [9.17, 15) is 14.7 Å². The molecular weight excluding hydrogens is 372 g/mol. The summed E-state index contributed by atoms with van der Waals surface area (Å²) in [5.41, 5.74) is -0.0784. The number of anilines is 1. The Balaban J connectivity index is 1.56. The highest BCUT2D eigenvalue weighted by Gasteiger charge is 2.41. The SMILES string of the molecule is CN(C(=O)c1ccoc1C1(O)CCOCC1)[C@@H]1CCCN(c2ccccc2)C1=O. The molecule has 2 aliphatic heterocycles. The lowest BCUT2D eigenvalue weighted by atomic mass is 9.89. The Labute approximate surface area is 169 Å². The number of ether oxygens (including phenoxy) is 1. The molecule has 1 aromatic heterocycles. The van der Waals surface area contributed by atoms with Crippen molar-refractivity contribution in [3.8, 4) is 0 Å². The predicted molar refractivity (Wildman–Crippen MR) is 107 cm³/mol. The number of carbonyl (C=O) groups excluding carboxylic acids is 2. The van der Waals surface area contributed by atoms with Gasteiger partial charge in [-0.25, -0.2) is 0 Å². The second-order valence-corrected chi connectivity index (χ2v) is 7.71. The van der Waals surface area contributed by atoms with Crippen LogP contribution in [0.15, 0.2) is 47.1 Å². The number of nitrogens with zero attached hydrogens (tertiary/aromatic N) is 2. The maximum absolute atomic E-state index is 13.3. The van der Waals surface area contributed by atoms with E-state index in [1.807, 2.05) is 30.3 Å². The van der Waals surface area contributed by atoms with E-state index in [1.54, 1.807) is 18.0 Å². The predicted octanol–water partition coefficient (Wildman–Crippen LogP) is 2.55. The number of piperidine rings is 1. The monoisotopic (exact) mass is 398 g/mol. The van der Waals surface area contributed by atoms with Crippen LogP contribution in [0.4, 0.5) is 5.69 Å². The lowest BCUT2D eigenvalue weighted by Gasteiger charge is -2.37. The molecule has 2 amide bonds. The largest absolute Gasteiger partial charge is 0.465 e. The highest BCUT2D eigenvalue weighted by molar-refractivity contribution is 6.03. The number of likely N-dealkylation sites (N-methyl/N-ethyl adjacent to an activating group) is 1. The fraction of sp³-hybridized carbons (Fsp3) is 0.455. The van der Waals surface area contributed by atoms with Crippen molar-refractivity contribution in [2.75, 3.05) is 31.7 Å². The number of carbonyl (C=O) groups is 2. The van der Waals surface area contributed by atoms with Crippen LogP contribution in [0, 0.1) is 0 Å². The third-order valence-corrected chi connectivity index (χ3v) is 5.90. The zero-order valence-electron chi connectivity index (χ0n) is 16.5. The summed E-state index contributed by atoms with van der Waals surface area (Å²) in [7, 11) is 1.64. The summed E-state index contributed by atoms with van der Waals surface area (Å²) in [5, 5.41) is 11.0. The summed E-state index contributed by atoms with van der Waals surface area (Å²) in [5.74, 6) is -0.143. The van der Waals surface area contributed by atoms with Crippen molar-refractivity contribution in [1.29, 1.82) is 0 Å². The molecule has 7 heteroatoms. The van der Waals surface area contributed by atoms with Gasteiger partial charge in [0.15, 0.2) is 0 Å². The number of benzene rings is 1. The third-order valence-electron chi connectivity index (χ3n) is 5.90. The first kappa shape index (κ1) is 19.7. The highest BCUT2D eigenvalue weighted by Crippen LogP contribution is 2.35. The first-order chi connectivity index (χ1) is 14.0. The van der Waals surface area contributed by atoms with Crippen LogP contribution in [0.5, 0.6) is 0 Å². The molecule has 4 rings (SSSR count).